The number of benzene rings is 2. The molecule has 3 rings (SSSR count). The van der Waals surface area contributed by atoms with Crippen LogP contribution in [0, 0.1) is 0 Å². The first-order valence-electron chi connectivity index (χ1n) is 10.8. The van der Waals surface area contributed by atoms with Gasteiger partial charge in [0, 0.05) is 19.5 Å². The van der Waals surface area contributed by atoms with Crippen LogP contribution in [-0.4, -0.2) is 68.5 Å². The van der Waals surface area contributed by atoms with Crippen LogP contribution in [0.4, 0.5) is 4.79 Å². The Hall–Kier alpha value is -3.88. The molecule has 1 aliphatic carbocycles. The second kappa shape index (κ2) is 11.1. The molecule has 3 N–H and O–H groups in total. The maximum absolute atomic E-state index is 12.1. The first-order chi connectivity index (χ1) is 15.9. The van der Waals surface area contributed by atoms with Gasteiger partial charge in [0.05, 0.1) is 13.1 Å². The van der Waals surface area contributed by atoms with Crippen molar-refractivity contribution in [2.45, 2.75) is 12.8 Å². The molecule has 9 nitrogen and oxygen atoms in total. The van der Waals surface area contributed by atoms with Crippen molar-refractivity contribution in [1.29, 1.82) is 0 Å². The molecule has 0 aliphatic heterocycles. The van der Waals surface area contributed by atoms with Crippen LogP contribution in [0.2, 0.25) is 0 Å². The van der Waals surface area contributed by atoms with E-state index in [0.29, 0.717) is 6.54 Å². The first-order valence-corrected chi connectivity index (χ1v) is 10.8. The fourth-order valence-electron chi connectivity index (χ4n) is 3.59. The summed E-state index contributed by atoms with van der Waals surface area (Å²) in [6, 6.07) is 16.0. The Balaban J connectivity index is 1.39. The Morgan fingerprint density at radius 3 is 1.91 bits per heavy atom. The number of rotatable bonds is 9. The monoisotopic (exact) mass is 452 g/mol. The quantitative estimate of drug-likeness (QED) is 0.529. The molecule has 0 bridgehead atoms. The fraction of sp³-hybridized carbons (Fsp3) is 0.333. The lowest BCUT2D eigenvalue weighted by Crippen LogP contribution is -2.44. The van der Waals surface area contributed by atoms with Crippen molar-refractivity contribution in [3.63, 3.8) is 0 Å². The highest BCUT2D eigenvalue weighted by molar-refractivity contribution is 5.89. The highest BCUT2D eigenvalue weighted by Crippen LogP contribution is 2.44. The average Bonchev–Trinajstić information content (AvgIpc) is 3.16. The molecule has 4 amide bonds. The molecule has 0 fully saturated rings. The van der Waals surface area contributed by atoms with E-state index < -0.39 is 17.9 Å². The molecule has 0 radical (unpaired) electrons. The van der Waals surface area contributed by atoms with E-state index in [1.165, 1.54) is 4.90 Å². The maximum atomic E-state index is 12.1. The molecule has 0 heterocycles. The van der Waals surface area contributed by atoms with Gasteiger partial charge in [-0.1, -0.05) is 48.5 Å². The third-order valence-corrected chi connectivity index (χ3v) is 5.52. The van der Waals surface area contributed by atoms with Gasteiger partial charge in [0.1, 0.15) is 13.2 Å². The van der Waals surface area contributed by atoms with Crippen LogP contribution < -0.4 is 16.0 Å². The number of hydrogen-bond donors (Lipinski definition) is 3. The lowest BCUT2D eigenvalue weighted by atomic mass is 9.98. The second-order valence-electron chi connectivity index (χ2n) is 7.64. The molecule has 0 saturated heterocycles. The standard InChI is InChI=1S/C24H28N4O5/c1-3-28(2)23(31)14-26-21(29)12-25-22(30)13-27-24(32)33-15-20-18-10-6-4-8-16(18)17-9-5-7-11-19(17)20/h4-11,20H,3,12-15H2,1-2H3,(H,25,30)(H,26,29)(H,27,32). The van der Waals surface area contributed by atoms with Gasteiger partial charge in [-0.05, 0) is 29.2 Å². The summed E-state index contributed by atoms with van der Waals surface area (Å²) in [7, 11) is 1.63. The van der Waals surface area contributed by atoms with E-state index >= 15 is 0 Å². The molecule has 0 saturated carbocycles. The summed E-state index contributed by atoms with van der Waals surface area (Å²) in [5.41, 5.74) is 4.45. The number of carbonyl (C=O) groups excluding carboxylic acids is 4. The van der Waals surface area contributed by atoms with Crippen LogP contribution in [0.15, 0.2) is 48.5 Å². The molecule has 0 atom stereocenters. The number of alkyl carbamates (subject to hydrolysis) is 1. The average molecular weight is 453 g/mol. The first kappa shape index (κ1) is 23.8. The van der Waals surface area contributed by atoms with Crippen molar-refractivity contribution in [3.05, 3.63) is 59.7 Å². The minimum atomic E-state index is -0.718. The lowest BCUT2D eigenvalue weighted by Gasteiger charge is -2.15. The Morgan fingerprint density at radius 2 is 1.33 bits per heavy atom. The zero-order valence-corrected chi connectivity index (χ0v) is 18.7. The number of nitrogens with one attached hydrogen (secondary N) is 3. The number of nitrogens with zero attached hydrogens (tertiary/aromatic N) is 1. The molecular formula is C24H28N4O5. The second-order valence-corrected chi connectivity index (χ2v) is 7.64. The largest absolute Gasteiger partial charge is 0.449 e. The summed E-state index contributed by atoms with van der Waals surface area (Å²) < 4.78 is 5.36. The molecule has 2 aromatic carbocycles. The summed E-state index contributed by atoms with van der Waals surface area (Å²) >= 11 is 0. The summed E-state index contributed by atoms with van der Waals surface area (Å²) in [6.07, 6.45) is -0.718. The van der Waals surface area contributed by atoms with Crippen LogP contribution in [0.5, 0.6) is 0 Å². The van der Waals surface area contributed by atoms with Crippen LogP contribution in [0.1, 0.15) is 24.0 Å². The van der Waals surface area contributed by atoms with Crippen molar-refractivity contribution in [3.8, 4) is 11.1 Å². The van der Waals surface area contributed by atoms with Gasteiger partial charge in [-0.25, -0.2) is 4.79 Å². The van der Waals surface area contributed by atoms with Crippen LogP contribution in [0.25, 0.3) is 11.1 Å². The number of likely N-dealkylation sites (N-methyl/N-ethyl adjacent to an activating group) is 1. The van der Waals surface area contributed by atoms with E-state index in [1.807, 2.05) is 55.5 Å². The topological polar surface area (TPSA) is 117 Å². The molecule has 0 unspecified atom stereocenters. The molecule has 0 aromatic heterocycles. The van der Waals surface area contributed by atoms with Crippen molar-refractivity contribution in [1.82, 2.24) is 20.9 Å². The number of amides is 4. The van der Waals surface area contributed by atoms with Crippen molar-refractivity contribution in [2.24, 2.45) is 0 Å². The lowest BCUT2D eigenvalue weighted by molar-refractivity contribution is -0.131. The molecular weight excluding hydrogens is 424 g/mol. The van der Waals surface area contributed by atoms with E-state index in [2.05, 4.69) is 16.0 Å². The van der Waals surface area contributed by atoms with E-state index in [0.717, 1.165) is 22.3 Å². The number of fused-ring (bicyclic) bond motifs is 3. The van der Waals surface area contributed by atoms with Gasteiger partial charge < -0.3 is 25.6 Å². The van der Waals surface area contributed by atoms with Gasteiger partial charge >= 0.3 is 6.09 Å². The Kier molecular flexibility index (Phi) is 8.01. The highest BCUT2D eigenvalue weighted by atomic mass is 16.5. The predicted molar refractivity (Wildman–Crippen MR) is 122 cm³/mol. The van der Waals surface area contributed by atoms with Crippen molar-refractivity contribution in [2.75, 3.05) is 39.8 Å². The molecule has 174 valence electrons. The van der Waals surface area contributed by atoms with Crippen LogP contribution in [-0.2, 0) is 19.1 Å². The van der Waals surface area contributed by atoms with Gasteiger partial charge in [-0.15, -0.1) is 0 Å². The van der Waals surface area contributed by atoms with E-state index in [4.69, 9.17) is 4.74 Å². The van der Waals surface area contributed by atoms with Crippen LogP contribution >= 0.6 is 0 Å². The normalized spacial score (nSPS) is 11.7. The van der Waals surface area contributed by atoms with Gasteiger partial charge in [0.15, 0.2) is 0 Å². The number of hydrogen-bond acceptors (Lipinski definition) is 5. The third kappa shape index (κ3) is 6.09. The molecule has 2 aromatic rings. The summed E-state index contributed by atoms with van der Waals surface area (Å²) in [4.78, 5) is 48.9. The number of carbonyl (C=O) groups is 4. The molecule has 9 heteroatoms. The van der Waals surface area contributed by atoms with E-state index in [-0.39, 0.29) is 38.1 Å². The van der Waals surface area contributed by atoms with E-state index in [1.54, 1.807) is 7.05 Å². The minimum absolute atomic E-state index is 0.0739. The van der Waals surface area contributed by atoms with Gasteiger partial charge in [0.25, 0.3) is 0 Å². The zero-order chi connectivity index (χ0) is 23.8. The van der Waals surface area contributed by atoms with Gasteiger partial charge in [0.2, 0.25) is 17.7 Å². The third-order valence-electron chi connectivity index (χ3n) is 5.52. The van der Waals surface area contributed by atoms with Crippen LogP contribution in [0.3, 0.4) is 0 Å². The van der Waals surface area contributed by atoms with E-state index in [9.17, 15) is 19.2 Å². The van der Waals surface area contributed by atoms with Gasteiger partial charge in [-0.3, -0.25) is 14.4 Å². The Labute approximate surface area is 192 Å². The molecule has 1 aliphatic rings. The predicted octanol–water partition coefficient (Wildman–Crippen LogP) is 1.24. The Bertz CT molecular complexity index is 994. The fourth-order valence-corrected chi connectivity index (χ4v) is 3.59. The Morgan fingerprint density at radius 1 is 0.818 bits per heavy atom. The van der Waals surface area contributed by atoms with Crippen molar-refractivity contribution >= 4 is 23.8 Å². The minimum Gasteiger partial charge on any atom is -0.449 e. The number of ether oxygens (including phenoxy) is 1. The molecule has 33 heavy (non-hydrogen) atoms. The summed E-state index contributed by atoms with van der Waals surface area (Å²) in [6.45, 7) is 1.73. The highest BCUT2D eigenvalue weighted by Gasteiger charge is 2.29. The SMILES string of the molecule is CCN(C)C(=O)CNC(=O)CNC(=O)CNC(=O)OCC1c2ccccc2-c2ccccc21. The van der Waals surface area contributed by atoms with Gasteiger partial charge in [-0.2, -0.15) is 0 Å². The maximum Gasteiger partial charge on any atom is 0.407 e. The zero-order valence-electron chi connectivity index (χ0n) is 18.7. The molecule has 0 spiro atoms. The smallest absolute Gasteiger partial charge is 0.407 e. The summed E-state index contributed by atoms with van der Waals surface area (Å²) in [5.74, 6) is -1.35. The summed E-state index contributed by atoms with van der Waals surface area (Å²) in [5, 5.41) is 7.20. The van der Waals surface area contributed by atoms with Crippen molar-refractivity contribution < 1.29 is 23.9 Å².